The summed E-state index contributed by atoms with van der Waals surface area (Å²) in [5.41, 5.74) is 1.50. The minimum atomic E-state index is -3.98. The van der Waals surface area contributed by atoms with Gasteiger partial charge in [0, 0.05) is 12.4 Å². The number of amides is 1. The lowest BCUT2D eigenvalue weighted by molar-refractivity contribution is 0.107. The van der Waals surface area contributed by atoms with Gasteiger partial charge in [0.2, 0.25) is 0 Å². The van der Waals surface area contributed by atoms with E-state index in [1.165, 1.54) is 46.3 Å². The number of aromatic nitrogens is 2. The molecule has 0 bridgehead atoms. The zero-order chi connectivity index (χ0) is 21.3. The van der Waals surface area contributed by atoms with Crippen LogP contribution in [-0.2, 0) is 19.0 Å². The van der Waals surface area contributed by atoms with Crippen molar-refractivity contribution in [2.75, 3.05) is 18.1 Å². The Kier molecular flexibility index (Phi) is 5.27. The number of nitrogens with zero attached hydrogens (tertiary/aromatic N) is 3. The lowest BCUT2D eigenvalue weighted by Crippen LogP contribution is -2.26. The van der Waals surface area contributed by atoms with Crippen molar-refractivity contribution in [1.29, 1.82) is 0 Å². The minimum absolute atomic E-state index is 0.0199. The summed E-state index contributed by atoms with van der Waals surface area (Å²) >= 11 is 0. The summed E-state index contributed by atoms with van der Waals surface area (Å²) in [4.78, 5) is 17.3. The topological polar surface area (TPSA) is 90.7 Å². The van der Waals surface area contributed by atoms with Gasteiger partial charge in [0.15, 0.2) is 0 Å². The predicted molar refractivity (Wildman–Crippen MR) is 105 cm³/mol. The number of aryl methyl sites for hydroxylation is 1. The first-order valence-corrected chi connectivity index (χ1v) is 10.5. The summed E-state index contributed by atoms with van der Waals surface area (Å²) in [6.07, 6.45) is 3.08. The van der Waals surface area contributed by atoms with Gasteiger partial charge in [-0.1, -0.05) is 17.7 Å². The third-order valence-electron chi connectivity index (χ3n) is 4.62. The Hall–Kier alpha value is -3.24. The molecule has 0 saturated carbocycles. The summed E-state index contributed by atoms with van der Waals surface area (Å²) < 4.78 is 50.8. The molecule has 2 heterocycles. The Balaban J connectivity index is 1.43. The third-order valence-corrected chi connectivity index (χ3v) is 5.91. The van der Waals surface area contributed by atoms with Gasteiger partial charge >= 0.3 is 6.09 Å². The first kappa shape index (κ1) is 20.0. The molecule has 1 saturated heterocycles. The van der Waals surface area contributed by atoms with Crippen LogP contribution in [0.2, 0.25) is 0 Å². The largest absolute Gasteiger partial charge is 0.441 e. The fourth-order valence-electron chi connectivity index (χ4n) is 3.03. The Morgan fingerprint density at radius 2 is 2.00 bits per heavy atom. The van der Waals surface area contributed by atoms with E-state index in [1.54, 1.807) is 24.4 Å². The molecule has 0 unspecified atom stereocenters. The number of hydrogen-bond donors (Lipinski definition) is 0. The van der Waals surface area contributed by atoms with Gasteiger partial charge in [0.25, 0.3) is 10.1 Å². The first-order valence-electron chi connectivity index (χ1n) is 9.05. The van der Waals surface area contributed by atoms with E-state index in [-0.39, 0.29) is 23.7 Å². The number of anilines is 1. The van der Waals surface area contributed by atoms with Crippen LogP contribution in [0.5, 0.6) is 0 Å². The van der Waals surface area contributed by atoms with Gasteiger partial charge < -0.3 is 9.30 Å². The van der Waals surface area contributed by atoms with E-state index in [0.717, 1.165) is 5.56 Å². The molecular formula is C20H18FN3O5S. The molecule has 0 spiro atoms. The highest BCUT2D eigenvalue weighted by molar-refractivity contribution is 7.86. The number of rotatable bonds is 6. The summed E-state index contributed by atoms with van der Waals surface area (Å²) in [6, 6.07) is 10.5. The van der Waals surface area contributed by atoms with Crippen LogP contribution in [0, 0.1) is 12.7 Å². The number of carbonyl (C=O) groups is 1. The highest BCUT2D eigenvalue weighted by Crippen LogP contribution is 2.26. The predicted octanol–water partition coefficient (Wildman–Crippen LogP) is 3.05. The van der Waals surface area contributed by atoms with Crippen LogP contribution in [0.3, 0.4) is 0 Å². The molecule has 3 aromatic rings. The van der Waals surface area contributed by atoms with Crippen LogP contribution in [-0.4, -0.2) is 43.3 Å². The van der Waals surface area contributed by atoms with Crippen molar-refractivity contribution < 1.29 is 26.5 Å². The SMILES string of the molecule is Cc1ccc(S(=O)(=O)OC[C@H]2CN(c3ccc(-n4ccnc4)c(F)c3)C(=O)O2)cc1. The number of halogens is 1. The number of hydrogen-bond acceptors (Lipinski definition) is 6. The summed E-state index contributed by atoms with van der Waals surface area (Å²) in [5, 5.41) is 0. The van der Waals surface area contributed by atoms with Crippen molar-refractivity contribution in [3.05, 3.63) is 72.6 Å². The lowest BCUT2D eigenvalue weighted by Gasteiger charge is -2.14. The van der Waals surface area contributed by atoms with E-state index in [2.05, 4.69) is 4.98 Å². The molecule has 1 fully saturated rings. The molecule has 1 amide bonds. The number of imidazole rings is 1. The molecule has 156 valence electrons. The second kappa shape index (κ2) is 7.88. The summed E-state index contributed by atoms with van der Waals surface area (Å²) in [6.45, 7) is 1.54. The van der Waals surface area contributed by atoms with Gasteiger partial charge in [-0.05, 0) is 37.3 Å². The summed E-state index contributed by atoms with van der Waals surface area (Å²) in [7, 11) is -3.98. The number of cyclic esters (lactones) is 1. The molecule has 2 aromatic carbocycles. The molecule has 0 radical (unpaired) electrons. The van der Waals surface area contributed by atoms with Gasteiger partial charge in [-0.3, -0.25) is 9.08 Å². The maximum absolute atomic E-state index is 14.5. The average Bonchev–Trinajstić information content (AvgIpc) is 3.36. The second-order valence-electron chi connectivity index (χ2n) is 6.77. The second-order valence-corrected chi connectivity index (χ2v) is 8.39. The first-order chi connectivity index (χ1) is 14.3. The zero-order valence-corrected chi connectivity index (χ0v) is 16.8. The quantitative estimate of drug-likeness (QED) is 0.557. The normalized spacial score (nSPS) is 16.7. The van der Waals surface area contributed by atoms with E-state index >= 15 is 0 Å². The molecule has 1 aromatic heterocycles. The van der Waals surface area contributed by atoms with Crippen molar-refractivity contribution in [1.82, 2.24) is 9.55 Å². The summed E-state index contributed by atoms with van der Waals surface area (Å²) in [5.74, 6) is -0.542. The molecule has 0 aliphatic carbocycles. The van der Waals surface area contributed by atoms with Gasteiger partial charge in [0.05, 0.1) is 29.1 Å². The van der Waals surface area contributed by atoms with Crippen molar-refractivity contribution in [3.8, 4) is 5.69 Å². The molecule has 10 heteroatoms. The van der Waals surface area contributed by atoms with E-state index in [4.69, 9.17) is 8.92 Å². The molecule has 0 N–H and O–H groups in total. The van der Waals surface area contributed by atoms with Crippen molar-refractivity contribution in [2.45, 2.75) is 17.9 Å². The van der Waals surface area contributed by atoms with E-state index in [0.29, 0.717) is 5.69 Å². The molecular weight excluding hydrogens is 413 g/mol. The minimum Gasteiger partial charge on any atom is -0.441 e. The Labute approximate surface area is 172 Å². The highest BCUT2D eigenvalue weighted by Gasteiger charge is 2.34. The zero-order valence-electron chi connectivity index (χ0n) is 15.9. The maximum atomic E-state index is 14.5. The van der Waals surface area contributed by atoms with Crippen molar-refractivity contribution in [3.63, 3.8) is 0 Å². The van der Waals surface area contributed by atoms with Gasteiger partial charge in [-0.2, -0.15) is 8.42 Å². The molecule has 1 atom stereocenters. The molecule has 4 rings (SSSR count). The molecule has 8 nitrogen and oxygen atoms in total. The van der Waals surface area contributed by atoms with Crippen LogP contribution < -0.4 is 4.90 Å². The van der Waals surface area contributed by atoms with E-state index in [9.17, 15) is 17.6 Å². The smallest absolute Gasteiger partial charge is 0.414 e. The fourth-order valence-corrected chi connectivity index (χ4v) is 3.97. The van der Waals surface area contributed by atoms with Crippen LogP contribution in [0.1, 0.15) is 5.56 Å². The Morgan fingerprint density at radius 3 is 2.67 bits per heavy atom. The van der Waals surface area contributed by atoms with Gasteiger partial charge in [-0.25, -0.2) is 14.2 Å². The molecule has 30 heavy (non-hydrogen) atoms. The molecule has 1 aliphatic heterocycles. The maximum Gasteiger partial charge on any atom is 0.414 e. The van der Waals surface area contributed by atoms with Crippen molar-refractivity contribution in [2.24, 2.45) is 0 Å². The van der Waals surface area contributed by atoms with Crippen LogP contribution in [0.15, 0.2) is 66.1 Å². The van der Waals surface area contributed by atoms with Gasteiger partial charge in [-0.15, -0.1) is 0 Å². The van der Waals surface area contributed by atoms with E-state index in [1.807, 2.05) is 6.92 Å². The van der Waals surface area contributed by atoms with Crippen LogP contribution in [0.4, 0.5) is 14.9 Å². The van der Waals surface area contributed by atoms with Crippen molar-refractivity contribution >= 4 is 21.9 Å². The number of carbonyl (C=O) groups excluding carboxylic acids is 1. The highest BCUT2D eigenvalue weighted by atomic mass is 32.2. The third kappa shape index (κ3) is 4.05. The standard InChI is InChI=1S/C20H18FN3O5S/c1-14-2-5-17(6-3-14)30(26,27)28-12-16-11-24(20(25)29-16)15-4-7-19(18(21)10-15)23-9-8-22-13-23/h2-10,13,16H,11-12H2,1H3/t16-/m1/s1. The average molecular weight is 431 g/mol. The Bertz CT molecular complexity index is 1160. The number of benzene rings is 2. The van der Waals surface area contributed by atoms with Crippen LogP contribution in [0.25, 0.3) is 5.69 Å². The molecule has 1 aliphatic rings. The van der Waals surface area contributed by atoms with Gasteiger partial charge in [0.1, 0.15) is 18.5 Å². The van der Waals surface area contributed by atoms with E-state index < -0.39 is 28.1 Å². The number of ether oxygens (including phenoxy) is 1. The Morgan fingerprint density at radius 1 is 1.23 bits per heavy atom. The lowest BCUT2D eigenvalue weighted by atomic mass is 10.2. The monoisotopic (exact) mass is 431 g/mol. The van der Waals surface area contributed by atoms with Crippen LogP contribution >= 0.6 is 0 Å². The fraction of sp³-hybridized carbons (Fsp3) is 0.200.